The molecule has 2 aromatic rings. The van der Waals surface area contributed by atoms with Crippen LogP contribution in [0.3, 0.4) is 0 Å². The van der Waals surface area contributed by atoms with E-state index in [1.54, 1.807) is 12.1 Å². The van der Waals surface area contributed by atoms with E-state index in [2.05, 4.69) is 0 Å². The second kappa shape index (κ2) is 7.04. The summed E-state index contributed by atoms with van der Waals surface area (Å²) in [6.07, 6.45) is 2.67. The van der Waals surface area contributed by atoms with Gasteiger partial charge in [0.2, 0.25) is 10.0 Å². The lowest BCUT2D eigenvalue weighted by Gasteiger charge is -2.09. The Balaban J connectivity index is 0.00000200. The Bertz CT molecular complexity index is 687. The Morgan fingerprint density at radius 1 is 1.05 bits per heavy atom. The maximum Gasteiger partial charge on any atom is 0.238 e. The van der Waals surface area contributed by atoms with Crippen LogP contribution in [0.15, 0.2) is 41.3 Å². The lowest BCUT2D eigenvalue weighted by molar-refractivity contribution is 0.597. The van der Waals surface area contributed by atoms with Crippen molar-refractivity contribution in [2.24, 2.45) is 10.9 Å². The first-order valence-corrected chi connectivity index (χ1v) is 7.81. The van der Waals surface area contributed by atoms with Crippen LogP contribution in [-0.2, 0) is 16.4 Å². The average Bonchev–Trinajstić information content (AvgIpc) is 2.37. The zero-order valence-electron chi connectivity index (χ0n) is 11.1. The average molecular weight is 315 g/mol. The van der Waals surface area contributed by atoms with Crippen LogP contribution in [0.1, 0.15) is 18.4 Å². The Labute approximate surface area is 125 Å². The number of nitrogens with two attached hydrogens (primary N) is 2. The highest BCUT2D eigenvalue weighted by Crippen LogP contribution is 2.24. The molecule has 0 fully saturated rings. The summed E-state index contributed by atoms with van der Waals surface area (Å²) in [6, 6.07) is 11.0. The summed E-state index contributed by atoms with van der Waals surface area (Å²) in [6.45, 7) is 0.646. The molecule has 0 aliphatic heterocycles. The van der Waals surface area contributed by atoms with Gasteiger partial charge in [-0.15, -0.1) is 12.4 Å². The van der Waals surface area contributed by atoms with Crippen LogP contribution in [0, 0.1) is 0 Å². The van der Waals surface area contributed by atoms with Crippen molar-refractivity contribution in [3.05, 3.63) is 42.0 Å². The third-order valence-electron chi connectivity index (χ3n) is 3.15. The molecule has 2 aromatic carbocycles. The van der Waals surface area contributed by atoms with Crippen LogP contribution in [0.4, 0.5) is 0 Å². The van der Waals surface area contributed by atoms with Gasteiger partial charge in [0.25, 0.3) is 0 Å². The maximum absolute atomic E-state index is 11.5. The molecule has 4 N–H and O–H groups in total. The molecule has 0 radical (unpaired) electrons. The summed E-state index contributed by atoms with van der Waals surface area (Å²) in [5, 5.41) is 7.20. The highest BCUT2D eigenvalue weighted by molar-refractivity contribution is 7.89. The molecule has 6 heteroatoms. The summed E-state index contributed by atoms with van der Waals surface area (Å²) in [5.74, 6) is 0. The van der Waals surface area contributed by atoms with Crippen molar-refractivity contribution >= 4 is 33.2 Å². The molecule has 0 bridgehead atoms. The number of hydrogen-bond acceptors (Lipinski definition) is 3. The van der Waals surface area contributed by atoms with Gasteiger partial charge in [0.1, 0.15) is 0 Å². The fraction of sp³-hybridized carbons (Fsp3) is 0.286. The highest BCUT2D eigenvalue weighted by Gasteiger charge is 2.11. The Hall–Kier alpha value is -1.14. The number of rotatable bonds is 5. The molecule has 0 aliphatic rings. The highest BCUT2D eigenvalue weighted by atomic mass is 35.5. The Kier molecular flexibility index (Phi) is 5.95. The fourth-order valence-corrected chi connectivity index (χ4v) is 2.79. The van der Waals surface area contributed by atoms with Gasteiger partial charge in [-0.2, -0.15) is 0 Å². The van der Waals surface area contributed by atoms with Crippen molar-refractivity contribution in [3.8, 4) is 0 Å². The van der Waals surface area contributed by atoms with Gasteiger partial charge in [-0.1, -0.05) is 24.3 Å². The van der Waals surface area contributed by atoms with E-state index >= 15 is 0 Å². The SMILES string of the molecule is Cl.NCCCCc1cc(S(N)(=O)=O)cc2ccccc12. The molecule has 0 unspecified atom stereocenters. The van der Waals surface area contributed by atoms with Crippen LogP contribution >= 0.6 is 12.4 Å². The van der Waals surface area contributed by atoms with Gasteiger partial charge in [-0.25, -0.2) is 13.6 Å². The van der Waals surface area contributed by atoms with E-state index in [1.165, 1.54) is 0 Å². The summed E-state index contributed by atoms with van der Waals surface area (Å²) < 4.78 is 23.0. The van der Waals surface area contributed by atoms with E-state index < -0.39 is 10.0 Å². The molecule has 0 saturated carbocycles. The summed E-state index contributed by atoms with van der Waals surface area (Å²) in [7, 11) is -3.67. The predicted molar refractivity (Wildman–Crippen MR) is 84.6 cm³/mol. The second-order valence-corrected chi connectivity index (χ2v) is 6.16. The smallest absolute Gasteiger partial charge is 0.238 e. The van der Waals surface area contributed by atoms with Gasteiger partial charge in [-0.3, -0.25) is 0 Å². The van der Waals surface area contributed by atoms with Gasteiger partial charge < -0.3 is 5.73 Å². The van der Waals surface area contributed by atoms with E-state index in [-0.39, 0.29) is 17.3 Å². The largest absolute Gasteiger partial charge is 0.330 e. The Morgan fingerprint density at radius 3 is 2.40 bits per heavy atom. The van der Waals surface area contributed by atoms with E-state index in [0.717, 1.165) is 35.6 Å². The van der Waals surface area contributed by atoms with Gasteiger partial charge >= 0.3 is 0 Å². The molecule has 110 valence electrons. The van der Waals surface area contributed by atoms with Crippen molar-refractivity contribution in [2.75, 3.05) is 6.54 Å². The van der Waals surface area contributed by atoms with Crippen LogP contribution in [-0.4, -0.2) is 15.0 Å². The number of fused-ring (bicyclic) bond motifs is 1. The van der Waals surface area contributed by atoms with Crippen LogP contribution in [0.25, 0.3) is 10.8 Å². The summed E-state index contributed by atoms with van der Waals surface area (Å²) in [5.41, 5.74) is 6.50. The number of aryl methyl sites for hydroxylation is 1. The van der Waals surface area contributed by atoms with Crippen LogP contribution < -0.4 is 10.9 Å². The number of unbranched alkanes of at least 4 members (excludes halogenated alkanes) is 1. The Morgan fingerprint density at radius 2 is 1.75 bits per heavy atom. The van der Waals surface area contributed by atoms with Crippen molar-refractivity contribution in [2.45, 2.75) is 24.2 Å². The quantitative estimate of drug-likeness (QED) is 0.829. The third-order valence-corrected chi connectivity index (χ3v) is 4.04. The van der Waals surface area contributed by atoms with E-state index in [0.29, 0.717) is 6.54 Å². The number of primary sulfonamides is 1. The molecule has 0 heterocycles. The van der Waals surface area contributed by atoms with E-state index in [9.17, 15) is 8.42 Å². The minimum atomic E-state index is -3.67. The molecule has 0 spiro atoms. The van der Waals surface area contributed by atoms with E-state index in [4.69, 9.17) is 10.9 Å². The molecular weight excluding hydrogens is 296 g/mol. The monoisotopic (exact) mass is 314 g/mol. The van der Waals surface area contributed by atoms with Gasteiger partial charge in [0, 0.05) is 0 Å². The number of hydrogen-bond donors (Lipinski definition) is 2. The van der Waals surface area contributed by atoms with Crippen molar-refractivity contribution in [1.29, 1.82) is 0 Å². The molecule has 0 atom stereocenters. The molecule has 0 amide bonds. The first-order valence-electron chi connectivity index (χ1n) is 6.27. The minimum absolute atomic E-state index is 0. The fourth-order valence-electron chi connectivity index (χ4n) is 2.19. The van der Waals surface area contributed by atoms with Crippen molar-refractivity contribution in [1.82, 2.24) is 0 Å². The topological polar surface area (TPSA) is 86.2 Å². The normalized spacial score (nSPS) is 11.3. The van der Waals surface area contributed by atoms with Gasteiger partial charge in [0.05, 0.1) is 4.90 Å². The maximum atomic E-state index is 11.5. The molecule has 0 aliphatic carbocycles. The summed E-state index contributed by atoms with van der Waals surface area (Å²) in [4.78, 5) is 0.175. The lowest BCUT2D eigenvalue weighted by Crippen LogP contribution is -2.12. The zero-order valence-corrected chi connectivity index (χ0v) is 12.7. The van der Waals surface area contributed by atoms with Gasteiger partial charge in [-0.05, 0) is 54.3 Å². The summed E-state index contributed by atoms with van der Waals surface area (Å²) >= 11 is 0. The molecular formula is C14H19ClN2O2S. The lowest BCUT2D eigenvalue weighted by atomic mass is 10.0. The second-order valence-electron chi connectivity index (χ2n) is 4.59. The molecule has 0 aromatic heterocycles. The number of halogens is 1. The van der Waals surface area contributed by atoms with Crippen molar-refractivity contribution in [3.63, 3.8) is 0 Å². The van der Waals surface area contributed by atoms with Crippen molar-refractivity contribution < 1.29 is 8.42 Å². The predicted octanol–water partition coefficient (Wildman–Crippen LogP) is 2.19. The minimum Gasteiger partial charge on any atom is -0.330 e. The molecule has 0 saturated heterocycles. The number of sulfonamides is 1. The molecule has 2 rings (SSSR count). The van der Waals surface area contributed by atoms with Gasteiger partial charge in [0.15, 0.2) is 0 Å². The molecule has 20 heavy (non-hydrogen) atoms. The third kappa shape index (κ3) is 3.93. The van der Waals surface area contributed by atoms with E-state index in [1.807, 2.05) is 24.3 Å². The zero-order chi connectivity index (χ0) is 13.9. The van der Waals surface area contributed by atoms with Crippen LogP contribution in [0.5, 0.6) is 0 Å². The number of benzene rings is 2. The van der Waals surface area contributed by atoms with Crippen LogP contribution in [0.2, 0.25) is 0 Å². The first kappa shape index (κ1) is 16.9. The molecule has 4 nitrogen and oxygen atoms in total. The first-order chi connectivity index (χ1) is 9.02. The standard InChI is InChI=1S/C14H18N2O2S.ClH/c15-8-4-3-6-12-10-13(19(16,17)18)9-11-5-1-2-7-14(11)12;/h1-2,5,7,9-10H,3-4,6,8,15H2,(H2,16,17,18);1H.